The molecule has 1 amide bonds. The Balaban J connectivity index is 1.81. The van der Waals surface area contributed by atoms with Crippen molar-refractivity contribution in [3.63, 3.8) is 0 Å². The Morgan fingerprint density at radius 3 is 2.68 bits per heavy atom. The highest BCUT2D eigenvalue weighted by molar-refractivity contribution is 7.16. The Morgan fingerprint density at radius 2 is 2.00 bits per heavy atom. The third-order valence-electron chi connectivity index (χ3n) is 3.17. The predicted octanol–water partition coefficient (Wildman–Crippen LogP) is 2.62. The van der Waals surface area contributed by atoms with Crippen LogP contribution in [0, 0.1) is 6.92 Å². The number of rotatable bonds is 8. The largest absolute Gasteiger partial charge is 0.481 e. The lowest BCUT2D eigenvalue weighted by atomic mass is 10.2. The Kier molecular flexibility index (Phi) is 5.71. The van der Waals surface area contributed by atoms with Gasteiger partial charge in [0.15, 0.2) is 5.13 Å². The second-order valence-electron chi connectivity index (χ2n) is 4.96. The Morgan fingerprint density at radius 1 is 1.27 bits per heavy atom. The van der Waals surface area contributed by atoms with Gasteiger partial charge in [-0.2, -0.15) is 0 Å². The number of carboxylic acid groups (broad SMARTS) is 1. The summed E-state index contributed by atoms with van der Waals surface area (Å²) in [5.41, 5.74) is 0.720. The summed E-state index contributed by atoms with van der Waals surface area (Å²) in [5, 5.41) is 12.2. The number of thiazole rings is 1. The maximum absolute atomic E-state index is 12.1. The number of hydrogen-bond donors (Lipinski definition) is 2. The molecule has 0 radical (unpaired) electrons. The number of carboxylic acids is 1. The lowest BCUT2D eigenvalue weighted by Gasteiger charge is -2.03. The summed E-state index contributed by atoms with van der Waals surface area (Å²) < 4.78 is 1.88. The molecular formula is C15H19N3O3S. The van der Waals surface area contributed by atoms with Crippen LogP contribution in [0.1, 0.15) is 41.0 Å². The first kappa shape index (κ1) is 16.2. The fourth-order valence-electron chi connectivity index (χ4n) is 2.03. The summed E-state index contributed by atoms with van der Waals surface area (Å²) in [6, 6.07) is 3.82. The van der Waals surface area contributed by atoms with Gasteiger partial charge in [-0.3, -0.25) is 9.59 Å². The van der Waals surface area contributed by atoms with E-state index < -0.39 is 5.97 Å². The van der Waals surface area contributed by atoms with Crippen LogP contribution in [0.25, 0.3) is 5.13 Å². The summed E-state index contributed by atoms with van der Waals surface area (Å²) in [7, 11) is 0. The molecule has 0 aliphatic rings. The molecule has 0 spiro atoms. The number of aliphatic carboxylic acids is 1. The van der Waals surface area contributed by atoms with Crippen molar-refractivity contribution < 1.29 is 14.7 Å². The number of unbranched alkanes of at least 4 members (excludes halogenated alkanes) is 2. The van der Waals surface area contributed by atoms with Crippen LogP contribution in [0.3, 0.4) is 0 Å². The van der Waals surface area contributed by atoms with E-state index >= 15 is 0 Å². The first-order valence-electron chi connectivity index (χ1n) is 7.18. The van der Waals surface area contributed by atoms with E-state index in [1.807, 2.05) is 36.0 Å². The summed E-state index contributed by atoms with van der Waals surface area (Å²) in [6.07, 6.45) is 6.18. The molecule has 0 saturated heterocycles. The Hall–Kier alpha value is -2.15. The molecule has 22 heavy (non-hydrogen) atoms. The monoisotopic (exact) mass is 321 g/mol. The fraction of sp³-hybridized carbons (Fsp3) is 0.400. The topological polar surface area (TPSA) is 84.2 Å². The van der Waals surface area contributed by atoms with Crippen LogP contribution < -0.4 is 5.32 Å². The number of carbonyl (C=O) groups is 2. The molecule has 2 aromatic rings. The zero-order valence-electron chi connectivity index (χ0n) is 12.4. The zero-order chi connectivity index (χ0) is 15.9. The highest BCUT2D eigenvalue weighted by atomic mass is 32.1. The molecular weight excluding hydrogens is 302 g/mol. The smallest absolute Gasteiger partial charge is 0.303 e. The Labute approximate surface area is 132 Å². The number of carbonyl (C=O) groups excluding carboxylic acids is 1. The third kappa shape index (κ3) is 4.42. The van der Waals surface area contributed by atoms with E-state index in [-0.39, 0.29) is 12.3 Å². The second kappa shape index (κ2) is 7.74. The van der Waals surface area contributed by atoms with Crippen molar-refractivity contribution >= 4 is 23.2 Å². The molecule has 0 aliphatic carbocycles. The number of hydrogen-bond acceptors (Lipinski definition) is 4. The summed E-state index contributed by atoms with van der Waals surface area (Å²) in [6.45, 7) is 2.37. The molecule has 0 atom stereocenters. The van der Waals surface area contributed by atoms with Gasteiger partial charge < -0.3 is 15.0 Å². The summed E-state index contributed by atoms with van der Waals surface area (Å²) in [4.78, 5) is 27.6. The van der Waals surface area contributed by atoms with E-state index in [2.05, 4.69) is 10.3 Å². The van der Waals surface area contributed by atoms with Crippen LogP contribution >= 0.6 is 11.3 Å². The van der Waals surface area contributed by atoms with Gasteiger partial charge in [-0.25, -0.2) is 4.98 Å². The van der Waals surface area contributed by atoms with Crippen molar-refractivity contribution in [1.29, 1.82) is 0 Å². The van der Waals surface area contributed by atoms with E-state index in [0.29, 0.717) is 17.8 Å². The summed E-state index contributed by atoms with van der Waals surface area (Å²) in [5.74, 6) is -0.895. The molecule has 6 nitrogen and oxygen atoms in total. The van der Waals surface area contributed by atoms with Crippen molar-refractivity contribution in [2.45, 2.75) is 32.6 Å². The van der Waals surface area contributed by atoms with Gasteiger partial charge in [0.05, 0.1) is 5.69 Å². The fourth-order valence-corrected chi connectivity index (χ4v) is 2.98. The molecule has 0 fully saturated rings. The molecule has 0 bridgehead atoms. The van der Waals surface area contributed by atoms with Crippen molar-refractivity contribution in [3.8, 4) is 5.13 Å². The van der Waals surface area contributed by atoms with Crippen molar-refractivity contribution in [1.82, 2.24) is 14.9 Å². The van der Waals surface area contributed by atoms with Crippen molar-refractivity contribution in [2.75, 3.05) is 6.54 Å². The first-order valence-corrected chi connectivity index (χ1v) is 8.00. The SMILES string of the molecule is Cc1nc(-n2cccc2)sc1C(=O)NCCCCCC(=O)O. The van der Waals surface area contributed by atoms with Gasteiger partial charge in [-0.1, -0.05) is 17.8 Å². The lowest BCUT2D eigenvalue weighted by molar-refractivity contribution is -0.137. The molecule has 0 unspecified atom stereocenters. The maximum Gasteiger partial charge on any atom is 0.303 e. The highest BCUT2D eigenvalue weighted by Gasteiger charge is 2.15. The average molecular weight is 321 g/mol. The molecule has 2 rings (SSSR count). The molecule has 7 heteroatoms. The van der Waals surface area contributed by atoms with Gasteiger partial charge in [0.1, 0.15) is 4.88 Å². The van der Waals surface area contributed by atoms with Crippen molar-refractivity contribution in [3.05, 3.63) is 35.1 Å². The zero-order valence-corrected chi connectivity index (χ0v) is 13.2. The molecule has 0 aromatic carbocycles. The van der Waals surface area contributed by atoms with E-state index in [4.69, 9.17) is 5.11 Å². The third-order valence-corrected chi connectivity index (χ3v) is 4.34. The number of nitrogens with one attached hydrogen (secondary N) is 1. The van der Waals surface area contributed by atoms with E-state index in [1.165, 1.54) is 11.3 Å². The minimum Gasteiger partial charge on any atom is -0.481 e. The van der Waals surface area contributed by atoms with Gasteiger partial charge in [-0.05, 0) is 31.9 Å². The van der Waals surface area contributed by atoms with Gasteiger partial charge in [0.2, 0.25) is 0 Å². The minimum atomic E-state index is -0.776. The first-order chi connectivity index (χ1) is 10.6. The van der Waals surface area contributed by atoms with Crippen LogP contribution in [-0.2, 0) is 4.79 Å². The quantitative estimate of drug-likeness (QED) is 0.732. The number of aromatic nitrogens is 2. The second-order valence-corrected chi connectivity index (χ2v) is 5.94. The molecule has 2 heterocycles. The molecule has 118 valence electrons. The minimum absolute atomic E-state index is 0.119. The lowest BCUT2D eigenvalue weighted by Crippen LogP contribution is -2.24. The maximum atomic E-state index is 12.1. The van der Waals surface area contributed by atoms with Gasteiger partial charge >= 0.3 is 5.97 Å². The van der Waals surface area contributed by atoms with Crippen molar-refractivity contribution in [2.24, 2.45) is 0 Å². The van der Waals surface area contributed by atoms with Gasteiger partial charge in [0, 0.05) is 25.4 Å². The number of amides is 1. The highest BCUT2D eigenvalue weighted by Crippen LogP contribution is 2.21. The van der Waals surface area contributed by atoms with E-state index in [9.17, 15) is 9.59 Å². The molecule has 2 N–H and O–H groups in total. The number of nitrogens with zero attached hydrogens (tertiary/aromatic N) is 2. The number of aryl methyl sites for hydroxylation is 1. The van der Waals surface area contributed by atoms with Crippen LogP contribution in [0.4, 0.5) is 0 Å². The normalized spacial score (nSPS) is 10.6. The van der Waals surface area contributed by atoms with Crippen LogP contribution in [-0.4, -0.2) is 33.1 Å². The van der Waals surface area contributed by atoms with Crippen LogP contribution in [0.2, 0.25) is 0 Å². The predicted molar refractivity (Wildman–Crippen MR) is 84.6 cm³/mol. The van der Waals surface area contributed by atoms with Crippen LogP contribution in [0.5, 0.6) is 0 Å². The van der Waals surface area contributed by atoms with Gasteiger partial charge in [-0.15, -0.1) is 0 Å². The molecule has 2 aromatic heterocycles. The Bertz CT molecular complexity index is 635. The summed E-state index contributed by atoms with van der Waals surface area (Å²) >= 11 is 1.36. The van der Waals surface area contributed by atoms with Gasteiger partial charge in [0.25, 0.3) is 5.91 Å². The van der Waals surface area contributed by atoms with E-state index in [1.54, 1.807) is 0 Å². The average Bonchev–Trinajstić information content (AvgIpc) is 3.11. The standard InChI is InChI=1S/C15H19N3O3S/c1-11-13(22-15(17-11)18-9-5-6-10-18)14(21)16-8-4-2-3-7-12(19)20/h5-6,9-10H,2-4,7-8H2,1H3,(H,16,21)(H,19,20). The van der Waals surface area contributed by atoms with Crippen LogP contribution in [0.15, 0.2) is 24.5 Å². The molecule has 0 saturated carbocycles. The van der Waals surface area contributed by atoms with E-state index in [0.717, 1.165) is 23.7 Å². The molecule has 0 aliphatic heterocycles.